The zero-order valence-electron chi connectivity index (χ0n) is 20.6. The standard InChI is InChI=1S/C11H15NO.C4H6.5C2H6/c1-4-9-6-7-11(13)12(3)8-10(9)5-2;1-3-4-2;5*1-2/h4-5H,1-2,6-8H2,3H3;3-4H,1-2H2;5*1-2H3. The summed E-state index contributed by atoms with van der Waals surface area (Å²) in [6.07, 6.45) is 8.28. The summed E-state index contributed by atoms with van der Waals surface area (Å²) in [5.74, 6) is 0.191. The van der Waals surface area contributed by atoms with Crippen LogP contribution in [0.5, 0.6) is 0 Å². The Bertz CT molecular complexity index is 345. The largest absolute Gasteiger partial charge is 0.341 e. The van der Waals surface area contributed by atoms with Gasteiger partial charge in [0.05, 0.1) is 0 Å². The summed E-state index contributed by atoms with van der Waals surface area (Å²) in [6, 6.07) is 0. The molecule has 162 valence electrons. The van der Waals surface area contributed by atoms with Crippen molar-refractivity contribution in [3.63, 3.8) is 0 Å². The summed E-state index contributed by atoms with van der Waals surface area (Å²) in [5, 5.41) is 0. The fourth-order valence-electron chi connectivity index (χ4n) is 1.47. The van der Waals surface area contributed by atoms with Crippen LogP contribution in [0.2, 0.25) is 0 Å². The second kappa shape index (κ2) is 44.0. The number of hydrogen-bond acceptors (Lipinski definition) is 1. The van der Waals surface area contributed by atoms with Crippen LogP contribution >= 0.6 is 0 Å². The van der Waals surface area contributed by atoms with Crippen LogP contribution in [0.4, 0.5) is 0 Å². The molecule has 0 aromatic rings. The number of amides is 1. The normalized spacial score (nSPS) is 10.8. The zero-order chi connectivity index (χ0) is 23.3. The van der Waals surface area contributed by atoms with E-state index in [0.29, 0.717) is 13.0 Å². The molecule has 0 spiro atoms. The van der Waals surface area contributed by atoms with Gasteiger partial charge >= 0.3 is 0 Å². The third-order valence-electron chi connectivity index (χ3n) is 2.51. The molecule has 0 aromatic carbocycles. The van der Waals surface area contributed by atoms with Gasteiger partial charge in [0.1, 0.15) is 0 Å². The van der Waals surface area contributed by atoms with Crippen molar-refractivity contribution in [2.45, 2.75) is 82.1 Å². The lowest BCUT2D eigenvalue weighted by molar-refractivity contribution is -0.129. The van der Waals surface area contributed by atoms with Gasteiger partial charge in [0.15, 0.2) is 0 Å². The number of likely N-dealkylation sites (N-methyl/N-ethyl adjacent to an activating group) is 1. The topological polar surface area (TPSA) is 20.3 Å². The Morgan fingerprint density at radius 1 is 0.667 bits per heavy atom. The van der Waals surface area contributed by atoms with E-state index in [9.17, 15) is 4.79 Å². The lowest BCUT2D eigenvalue weighted by atomic mass is 10.0. The fraction of sp³-hybridized carbons (Fsp3) is 0.560. The van der Waals surface area contributed by atoms with Crippen molar-refractivity contribution in [2.75, 3.05) is 13.6 Å². The molecule has 0 radical (unpaired) electrons. The summed E-state index contributed by atoms with van der Waals surface area (Å²) in [4.78, 5) is 13.1. The highest BCUT2D eigenvalue weighted by atomic mass is 16.2. The van der Waals surface area contributed by atoms with E-state index < -0.39 is 0 Å². The van der Waals surface area contributed by atoms with Gasteiger partial charge in [0.25, 0.3) is 0 Å². The molecule has 0 bridgehead atoms. The van der Waals surface area contributed by atoms with Crippen molar-refractivity contribution in [3.05, 3.63) is 61.8 Å². The third-order valence-corrected chi connectivity index (χ3v) is 2.51. The fourth-order valence-corrected chi connectivity index (χ4v) is 1.47. The highest BCUT2D eigenvalue weighted by Crippen LogP contribution is 2.19. The molecule has 1 amide bonds. The number of nitrogens with zero attached hydrogens (tertiary/aromatic N) is 1. The number of hydrogen-bond donors (Lipinski definition) is 0. The summed E-state index contributed by atoms with van der Waals surface area (Å²) in [6.45, 7) is 34.9. The molecule has 0 fully saturated rings. The average molecular weight is 382 g/mol. The van der Waals surface area contributed by atoms with Crippen LogP contribution in [0.25, 0.3) is 0 Å². The number of carbonyl (C=O) groups excluding carboxylic acids is 1. The van der Waals surface area contributed by atoms with E-state index in [0.717, 1.165) is 17.6 Å². The maximum Gasteiger partial charge on any atom is 0.222 e. The van der Waals surface area contributed by atoms with Gasteiger partial charge in [0, 0.05) is 20.0 Å². The van der Waals surface area contributed by atoms with Crippen LogP contribution in [-0.4, -0.2) is 24.4 Å². The molecule has 2 heteroatoms. The Kier molecular flexibility index (Phi) is 65.2. The molecule has 0 N–H and O–H groups in total. The zero-order valence-corrected chi connectivity index (χ0v) is 20.6. The lowest BCUT2D eigenvalue weighted by Crippen LogP contribution is -2.26. The lowest BCUT2D eigenvalue weighted by Gasteiger charge is -2.14. The van der Waals surface area contributed by atoms with Crippen LogP contribution in [-0.2, 0) is 4.79 Å². The van der Waals surface area contributed by atoms with E-state index in [2.05, 4.69) is 26.3 Å². The molecular weight excluding hydrogens is 330 g/mol. The molecule has 0 atom stereocenters. The van der Waals surface area contributed by atoms with Crippen molar-refractivity contribution >= 4 is 5.91 Å². The van der Waals surface area contributed by atoms with Gasteiger partial charge < -0.3 is 4.90 Å². The first-order valence-corrected chi connectivity index (χ1v) is 10.5. The smallest absolute Gasteiger partial charge is 0.222 e. The highest BCUT2D eigenvalue weighted by Gasteiger charge is 2.16. The van der Waals surface area contributed by atoms with Crippen molar-refractivity contribution in [2.24, 2.45) is 0 Å². The minimum absolute atomic E-state index is 0.191. The number of rotatable bonds is 3. The quantitative estimate of drug-likeness (QED) is 0.449. The molecule has 0 saturated carbocycles. The highest BCUT2D eigenvalue weighted by molar-refractivity contribution is 5.77. The van der Waals surface area contributed by atoms with Gasteiger partial charge in [-0.25, -0.2) is 0 Å². The molecule has 2 nitrogen and oxygen atoms in total. The molecule has 1 rings (SSSR count). The van der Waals surface area contributed by atoms with Gasteiger partial charge in [-0.2, -0.15) is 0 Å². The predicted molar refractivity (Wildman–Crippen MR) is 131 cm³/mol. The SMILES string of the molecule is C=CC1=C(C=C)CN(C)C(=O)CC1.C=CC=C.CC.CC.CC.CC.CC. The molecule has 0 aliphatic carbocycles. The maximum absolute atomic E-state index is 11.4. The van der Waals surface area contributed by atoms with Crippen LogP contribution in [0.3, 0.4) is 0 Å². The Morgan fingerprint density at radius 2 is 1.00 bits per heavy atom. The van der Waals surface area contributed by atoms with E-state index in [1.807, 2.05) is 88.4 Å². The first-order chi connectivity index (χ1) is 13.1. The van der Waals surface area contributed by atoms with Crippen molar-refractivity contribution in [3.8, 4) is 0 Å². The van der Waals surface area contributed by atoms with Gasteiger partial charge in [-0.05, 0) is 17.6 Å². The molecule has 0 unspecified atom stereocenters. The molecule has 0 saturated heterocycles. The van der Waals surface area contributed by atoms with Gasteiger partial charge in [0.2, 0.25) is 5.91 Å². The molecule has 1 aliphatic rings. The second-order valence-electron chi connectivity index (χ2n) is 3.68. The van der Waals surface area contributed by atoms with Crippen LogP contribution in [0.15, 0.2) is 61.8 Å². The van der Waals surface area contributed by atoms with Crippen molar-refractivity contribution < 1.29 is 4.79 Å². The van der Waals surface area contributed by atoms with Crippen LogP contribution < -0.4 is 0 Å². The summed E-state index contributed by atoms with van der Waals surface area (Å²) >= 11 is 0. The van der Waals surface area contributed by atoms with E-state index in [1.165, 1.54) is 0 Å². The summed E-state index contributed by atoms with van der Waals surface area (Å²) in [7, 11) is 1.82. The van der Waals surface area contributed by atoms with E-state index in [1.54, 1.807) is 17.1 Å². The van der Waals surface area contributed by atoms with E-state index in [-0.39, 0.29) is 5.91 Å². The number of allylic oxidation sites excluding steroid dienone is 4. The second-order valence-corrected chi connectivity index (χ2v) is 3.68. The van der Waals surface area contributed by atoms with Gasteiger partial charge in [-0.15, -0.1) is 0 Å². The van der Waals surface area contributed by atoms with E-state index >= 15 is 0 Å². The molecule has 0 aromatic heterocycles. The van der Waals surface area contributed by atoms with Crippen molar-refractivity contribution in [1.82, 2.24) is 4.90 Å². The molecular formula is C25H51NO. The Hall–Kier alpha value is -1.83. The minimum Gasteiger partial charge on any atom is -0.341 e. The summed E-state index contributed by atoms with van der Waals surface area (Å²) < 4.78 is 0. The first kappa shape index (κ1) is 40.0. The van der Waals surface area contributed by atoms with Crippen LogP contribution in [0.1, 0.15) is 82.1 Å². The average Bonchev–Trinajstić information content (AvgIpc) is 2.93. The Balaban J connectivity index is -0.0000000661. The molecule has 1 heterocycles. The number of carbonyl (C=O) groups is 1. The molecule has 27 heavy (non-hydrogen) atoms. The van der Waals surface area contributed by atoms with Crippen molar-refractivity contribution in [1.29, 1.82) is 0 Å². The molecule has 1 aliphatic heterocycles. The predicted octanol–water partition coefficient (Wildman–Crippen LogP) is 8.40. The first-order valence-electron chi connectivity index (χ1n) is 10.5. The maximum atomic E-state index is 11.4. The van der Waals surface area contributed by atoms with Gasteiger partial charge in [-0.3, -0.25) is 4.79 Å². The Labute approximate surface area is 173 Å². The summed E-state index contributed by atoms with van der Waals surface area (Å²) in [5.41, 5.74) is 2.26. The van der Waals surface area contributed by atoms with Crippen LogP contribution in [0, 0.1) is 0 Å². The third kappa shape index (κ3) is 29.2. The monoisotopic (exact) mass is 381 g/mol. The minimum atomic E-state index is 0.191. The van der Waals surface area contributed by atoms with E-state index in [4.69, 9.17) is 0 Å². The Morgan fingerprint density at radius 3 is 1.26 bits per heavy atom. The van der Waals surface area contributed by atoms with Gasteiger partial charge in [-0.1, -0.05) is 120 Å².